The van der Waals surface area contributed by atoms with Crippen molar-refractivity contribution in [1.82, 2.24) is 10.6 Å². The molecule has 0 radical (unpaired) electrons. The Kier molecular flexibility index (Phi) is 4.54. The summed E-state index contributed by atoms with van der Waals surface area (Å²) < 4.78 is 0. The average Bonchev–Trinajstić information content (AvgIpc) is 2.95. The molecule has 6 heteroatoms. The van der Waals surface area contributed by atoms with Gasteiger partial charge < -0.3 is 20.8 Å². The summed E-state index contributed by atoms with van der Waals surface area (Å²) in [6, 6.07) is -1.32. The first kappa shape index (κ1) is 12.8. The summed E-state index contributed by atoms with van der Waals surface area (Å²) in [4.78, 5) is 22.1. The van der Waals surface area contributed by atoms with Gasteiger partial charge in [-0.3, -0.25) is 0 Å². The number of amides is 2. The standard InChI is InChI=1S/C10H18N2O4/c1-2-6-5-8(6)12-10(16)11-7(3-4-13)9(14)15/h6-8,13H,2-5H2,1H3,(H,14,15)(H2,11,12,16)/t6?,7-,8?/m0/s1. The topological polar surface area (TPSA) is 98.7 Å². The molecule has 1 rings (SSSR count). The molecule has 1 aliphatic rings. The van der Waals surface area contributed by atoms with Gasteiger partial charge in [-0.25, -0.2) is 9.59 Å². The third-order valence-corrected chi connectivity index (χ3v) is 2.78. The summed E-state index contributed by atoms with van der Waals surface area (Å²) in [7, 11) is 0. The number of aliphatic hydroxyl groups excluding tert-OH is 1. The smallest absolute Gasteiger partial charge is 0.326 e. The lowest BCUT2D eigenvalue weighted by Gasteiger charge is -2.13. The molecule has 0 spiro atoms. The maximum Gasteiger partial charge on any atom is 0.326 e. The van der Waals surface area contributed by atoms with Gasteiger partial charge in [0.15, 0.2) is 0 Å². The van der Waals surface area contributed by atoms with E-state index in [0.717, 1.165) is 12.8 Å². The number of carbonyl (C=O) groups is 2. The molecule has 2 unspecified atom stereocenters. The first-order valence-corrected chi connectivity index (χ1v) is 5.49. The highest BCUT2D eigenvalue weighted by Gasteiger charge is 2.36. The minimum atomic E-state index is -1.13. The quantitative estimate of drug-likeness (QED) is 0.513. The summed E-state index contributed by atoms with van der Waals surface area (Å²) in [5.41, 5.74) is 0. The summed E-state index contributed by atoms with van der Waals surface area (Å²) in [5.74, 6) is -0.612. The number of hydrogen-bond acceptors (Lipinski definition) is 3. The lowest BCUT2D eigenvalue weighted by Crippen LogP contribution is -2.47. The summed E-state index contributed by atoms with van der Waals surface area (Å²) in [5, 5.41) is 22.4. The highest BCUT2D eigenvalue weighted by Crippen LogP contribution is 2.32. The van der Waals surface area contributed by atoms with Crippen molar-refractivity contribution < 1.29 is 19.8 Å². The molecule has 16 heavy (non-hydrogen) atoms. The minimum absolute atomic E-state index is 0.0185. The zero-order valence-corrected chi connectivity index (χ0v) is 9.27. The van der Waals surface area contributed by atoms with Crippen LogP contribution in [0.2, 0.25) is 0 Å². The number of urea groups is 1. The maximum absolute atomic E-state index is 11.4. The van der Waals surface area contributed by atoms with Crippen LogP contribution in [0.15, 0.2) is 0 Å². The number of rotatable bonds is 6. The van der Waals surface area contributed by atoms with Crippen molar-refractivity contribution in [3.8, 4) is 0 Å². The van der Waals surface area contributed by atoms with Gasteiger partial charge in [0.1, 0.15) is 6.04 Å². The number of aliphatic carboxylic acids is 1. The van der Waals surface area contributed by atoms with Gasteiger partial charge in [-0.05, 0) is 12.3 Å². The van der Waals surface area contributed by atoms with Gasteiger partial charge in [0.25, 0.3) is 0 Å². The Balaban J connectivity index is 2.29. The number of aliphatic hydroxyl groups is 1. The van der Waals surface area contributed by atoms with Crippen LogP contribution in [0.3, 0.4) is 0 Å². The second-order valence-electron chi connectivity index (χ2n) is 4.03. The van der Waals surface area contributed by atoms with E-state index in [1.807, 2.05) is 0 Å². The Labute approximate surface area is 94.0 Å². The summed E-state index contributed by atoms with van der Waals surface area (Å²) in [6.45, 7) is 1.79. The number of carboxylic acid groups (broad SMARTS) is 1. The van der Waals surface area contributed by atoms with Gasteiger partial charge in [-0.1, -0.05) is 13.3 Å². The van der Waals surface area contributed by atoms with E-state index in [1.54, 1.807) is 0 Å². The van der Waals surface area contributed by atoms with Gasteiger partial charge in [-0.2, -0.15) is 0 Å². The fourth-order valence-corrected chi connectivity index (χ4v) is 1.63. The molecule has 0 saturated heterocycles. The van der Waals surface area contributed by atoms with E-state index in [4.69, 9.17) is 10.2 Å². The molecule has 0 aromatic rings. The Morgan fingerprint density at radius 1 is 1.50 bits per heavy atom. The molecule has 0 aromatic heterocycles. The molecular formula is C10H18N2O4. The number of carboxylic acids is 1. The van der Waals surface area contributed by atoms with Crippen LogP contribution >= 0.6 is 0 Å². The van der Waals surface area contributed by atoms with Crippen molar-refractivity contribution >= 4 is 12.0 Å². The van der Waals surface area contributed by atoms with Crippen LogP contribution in [0.25, 0.3) is 0 Å². The molecule has 0 bridgehead atoms. The molecule has 1 saturated carbocycles. The third kappa shape index (κ3) is 3.69. The van der Waals surface area contributed by atoms with E-state index in [0.29, 0.717) is 5.92 Å². The maximum atomic E-state index is 11.4. The first-order valence-electron chi connectivity index (χ1n) is 5.49. The third-order valence-electron chi connectivity index (χ3n) is 2.78. The molecule has 0 aromatic carbocycles. The Bertz CT molecular complexity index is 270. The van der Waals surface area contributed by atoms with Crippen LogP contribution < -0.4 is 10.6 Å². The highest BCUT2D eigenvalue weighted by atomic mass is 16.4. The van der Waals surface area contributed by atoms with Crippen molar-refractivity contribution in [3.63, 3.8) is 0 Å². The van der Waals surface area contributed by atoms with E-state index in [-0.39, 0.29) is 19.1 Å². The van der Waals surface area contributed by atoms with E-state index in [2.05, 4.69) is 17.6 Å². The molecule has 2 amide bonds. The molecule has 6 nitrogen and oxygen atoms in total. The van der Waals surface area contributed by atoms with Crippen LogP contribution in [0.5, 0.6) is 0 Å². The SMILES string of the molecule is CCC1CC1NC(=O)N[C@@H](CCO)C(=O)O. The monoisotopic (exact) mass is 230 g/mol. The van der Waals surface area contributed by atoms with Gasteiger partial charge in [0.2, 0.25) is 0 Å². The zero-order valence-electron chi connectivity index (χ0n) is 9.27. The van der Waals surface area contributed by atoms with Crippen molar-refractivity contribution in [2.24, 2.45) is 5.92 Å². The van der Waals surface area contributed by atoms with Gasteiger partial charge in [0, 0.05) is 19.1 Å². The van der Waals surface area contributed by atoms with Crippen molar-refractivity contribution in [2.45, 2.75) is 38.3 Å². The summed E-state index contributed by atoms with van der Waals surface area (Å²) >= 11 is 0. The molecule has 0 heterocycles. The van der Waals surface area contributed by atoms with Gasteiger partial charge >= 0.3 is 12.0 Å². The second kappa shape index (κ2) is 5.69. The van der Waals surface area contributed by atoms with Crippen LogP contribution in [-0.2, 0) is 4.79 Å². The average molecular weight is 230 g/mol. The van der Waals surface area contributed by atoms with Crippen molar-refractivity contribution in [1.29, 1.82) is 0 Å². The number of hydrogen-bond donors (Lipinski definition) is 4. The molecular weight excluding hydrogens is 212 g/mol. The molecule has 4 N–H and O–H groups in total. The predicted molar refractivity (Wildman–Crippen MR) is 57.0 cm³/mol. The zero-order chi connectivity index (χ0) is 12.1. The molecule has 1 aliphatic carbocycles. The van der Waals surface area contributed by atoms with E-state index < -0.39 is 18.0 Å². The highest BCUT2D eigenvalue weighted by molar-refractivity contribution is 5.82. The second-order valence-corrected chi connectivity index (χ2v) is 4.03. The molecule has 3 atom stereocenters. The lowest BCUT2D eigenvalue weighted by molar-refractivity contribution is -0.139. The molecule has 1 fully saturated rings. The van der Waals surface area contributed by atoms with Crippen LogP contribution in [-0.4, -0.2) is 40.9 Å². The largest absolute Gasteiger partial charge is 0.480 e. The number of carbonyl (C=O) groups excluding carboxylic acids is 1. The van der Waals surface area contributed by atoms with E-state index >= 15 is 0 Å². The van der Waals surface area contributed by atoms with Crippen molar-refractivity contribution in [2.75, 3.05) is 6.61 Å². The Morgan fingerprint density at radius 3 is 2.62 bits per heavy atom. The normalized spacial score (nSPS) is 24.6. The fraction of sp³-hybridized carbons (Fsp3) is 0.800. The fourth-order valence-electron chi connectivity index (χ4n) is 1.63. The molecule has 0 aliphatic heterocycles. The Hall–Kier alpha value is -1.30. The van der Waals surface area contributed by atoms with E-state index in [1.165, 1.54) is 0 Å². The first-order chi connectivity index (χ1) is 7.58. The van der Waals surface area contributed by atoms with Gasteiger partial charge in [-0.15, -0.1) is 0 Å². The van der Waals surface area contributed by atoms with Crippen LogP contribution in [0, 0.1) is 5.92 Å². The van der Waals surface area contributed by atoms with Gasteiger partial charge in [0.05, 0.1) is 0 Å². The number of nitrogens with one attached hydrogen (secondary N) is 2. The Morgan fingerprint density at radius 2 is 2.19 bits per heavy atom. The summed E-state index contributed by atoms with van der Waals surface area (Å²) in [6.07, 6.45) is 2.00. The molecule has 92 valence electrons. The van der Waals surface area contributed by atoms with Crippen molar-refractivity contribution in [3.05, 3.63) is 0 Å². The van der Waals surface area contributed by atoms with Crippen LogP contribution in [0.4, 0.5) is 4.79 Å². The lowest BCUT2D eigenvalue weighted by atomic mass is 10.2. The van der Waals surface area contributed by atoms with E-state index in [9.17, 15) is 9.59 Å². The van der Waals surface area contributed by atoms with Crippen LogP contribution in [0.1, 0.15) is 26.2 Å². The minimum Gasteiger partial charge on any atom is -0.480 e. The predicted octanol–water partition coefficient (Wildman–Crippen LogP) is -0.0803.